The highest BCUT2D eigenvalue weighted by Crippen LogP contribution is 2.29. The zero-order chi connectivity index (χ0) is 20.8. The van der Waals surface area contributed by atoms with Crippen molar-refractivity contribution < 1.29 is 9.53 Å². The number of hydrogen-bond donors (Lipinski definition) is 1. The fourth-order valence-electron chi connectivity index (χ4n) is 2.93. The first kappa shape index (κ1) is 19.7. The van der Waals surface area contributed by atoms with Crippen LogP contribution in [0.5, 0.6) is 0 Å². The molecule has 0 radical (unpaired) electrons. The van der Waals surface area contributed by atoms with Gasteiger partial charge in [0.1, 0.15) is 22.7 Å². The van der Waals surface area contributed by atoms with Crippen molar-refractivity contribution >= 4 is 23.1 Å². The highest BCUT2D eigenvalue weighted by atomic mass is 32.1. The minimum Gasteiger partial charge on any atom is -0.462 e. The van der Waals surface area contributed by atoms with Gasteiger partial charge >= 0.3 is 5.97 Å². The number of ether oxygens (including phenoxy) is 1. The molecule has 4 aromatic rings. The second kappa shape index (κ2) is 9.28. The van der Waals surface area contributed by atoms with E-state index in [0.717, 1.165) is 27.4 Å². The number of nitrogens with one attached hydrogen (secondary N) is 1. The van der Waals surface area contributed by atoms with Gasteiger partial charge in [0.05, 0.1) is 12.3 Å². The monoisotopic (exact) mass is 416 g/mol. The molecule has 0 atom stereocenters. The minimum atomic E-state index is -0.436. The smallest absolute Gasteiger partial charge is 0.343 e. The summed E-state index contributed by atoms with van der Waals surface area (Å²) < 4.78 is 5.05. The molecular formula is C23H20N4O2S. The SMILES string of the molecule is CCOC(=O)c1cncnc1NCc1ccc(-c2nc(-c3ccccc3)cs2)cc1. The zero-order valence-electron chi connectivity index (χ0n) is 16.4. The molecule has 6 nitrogen and oxygen atoms in total. The molecule has 0 amide bonds. The Kier molecular flexibility index (Phi) is 6.10. The molecule has 0 aliphatic rings. The molecule has 2 aromatic carbocycles. The quantitative estimate of drug-likeness (QED) is 0.425. The third-order valence-corrected chi connectivity index (χ3v) is 5.33. The summed E-state index contributed by atoms with van der Waals surface area (Å²) in [5.74, 6) is 0.0221. The Balaban J connectivity index is 1.44. The lowest BCUT2D eigenvalue weighted by Crippen LogP contribution is -2.11. The van der Waals surface area contributed by atoms with E-state index in [1.54, 1.807) is 18.3 Å². The van der Waals surface area contributed by atoms with Crippen LogP contribution >= 0.6 is 11.3 Å². The summed E-state index contributed by atoms with van der Waals surface area (Å²) in [5.41, 5.74) is 4.55. The molecular weight excluding hydrogens is 396 g/mol. The van der Waals surface area contributed by atoms with Gasteiger partial charge in [0.25, 0.3) is 0 Å². The first-order valence-electron chi connectivity index (χ1n) is 9.56. The summed E-state index contributed by atoms with van der Waals surface area (Å²) in [5, 5.41) is 6.24. The molecule has 0 spiro atoms. The Morgan fingerprint density at radius 2 is 1.87 bits per heavy atom. The molecule has 0 fully saturated rings. The van der Waals surface area contributed by atoms with Crippen LogP contribution in [0.1, 0.15) is 22.8 Å². The third kappa shape index (κ3) is 4.52. The number of nitrogens with zero attached hydrogens (tertiary/aromatic N) is 3. The number of esters is 1. The van der Waals surface area contributed by atoms with Gasteiger partial charge < -0.3 is 10.1 Å². The molecule has 0 aliphatic carbocycles. The Labute approximate surface area is 178 Å². The average Bonchev–Trinajstić information content (AvgIpc) is 3.29. The molecule has 1 N–H and O–H groups in total. The van der Waals surface area contributed by atoms with Crippen LogP contribution in [-0.4, -0.2) is 27.5 Å². The van der Waals surface area contributed by atoms with E-state index in [1.807, 2.05) is 30.3 Å². The molecule has 2 aromatic heterocycles. The molecule has 4 rings (SSSR count). The predicted octanol–water partition coefficient (Wildman–Crippen LogP) is 5.06. The number of thiazole rings is 1. The van der Waals surface area contributed by atoms with Crippen molar-refractivity contribution in [3.05, 3.63) is 83.6 Å². The number of anilines is 1. The standard InChI is InChI=1S/C23H20N4O2S/c1-2-29-23(28)19-13-24-15-26-21(19)25-12-16-8-10-18(11-9-16)22-27-20(14-30-22)17-6-4-3-5-7-17/h3-11,13-15H,2,12H2,1H3,(H,24,25,26). The summed E-state index contributed by atoms with van der Waals surface area (Å²) in [6.07, 6.45) is 2.87. The maximum Gasteiger partial charge on any atom is 0.343 e. The van der Waals surface area contributed by atoms with Gasteiger partial charge in [-0.15, -0.1) is 11.3 Å². The van der Waals surface area contributed by atoms with Crippen molar-refractivity contribution in [3.8, 4) is 21.8 Å². The van der Waals surface area contributed by atoms with E-state index >= 15 is 0 Å². The largest absolute Gasteiger partial charge is 0.462 e. The maximum atomic E-state index is 12.0. The molecule has 0 unspecified atom stereocenters. The lowest BCUT2D eigenvalue weighted by Gasteiger charge is -2.10. The Bertz CT molecular complexity index is 1130. The van der Waals surface area contributed by atoms with Crippen LogP contribution in [0.4, 0.5) is 5.82 Å². The number of carbonyl (C=O) groups is 1. The van der Waals surface area contributed by atoms with Gasteiger partial charge in [-0.2, -0.15) is 0 Å². The van der Waals surface area contributed by atoms with Crippen LogP contribution in [0.15, 0.2) is 72.5 Å². The molecule has 30 heavy (non-hydrogen) atoms. The lowest BCUT2D eigenvalue weighted by molar-refractivity contribution is 0.0526. The Morgan fingerprint density at radius 1 is 1.07 bits per heavy atom. The van der Waals surface area contributed by atoms with Gasteiger partial charge in [-0.1, -0.05) is 54.6 Å². The fourth-order valence-corrected chi connectivity index (χ4v) is 3.76. The lowest BCUT2D eigenvalue weighted by atomic mass is 10.1. The predicted molar refractivity (Wildman–Crippen MR) is 118 cm³/mol. The van der Waals surface area contributed by atoms with Crippen molar-refractivity contribution in [3.63, 3.8) is 0 Å². The van der Waals surface area contributed by atoms with E-state index in [1.165, 1.54) is 12.5 Å². The first-order chi connectivity index (χ1) is 14.7. The highest BCUT2D eigenvalue weighted by molar-refractivity contribution is 7.13. The molecule has 2 heterocycles. The normalized spacial score (nSPS) is 10.6. The van der Waals surface area contributed by atoms with Crippen LogP contribution in [0.25, 0.3) is 21.8 Å². The highest BCUT2D eigenvalue weighted by Gasteiger charge is 2.14. The minimum absolute atomic E-state index is 0.303. The molecule has 0 bridgehead atoms. The van der Waals surface area contributed by atoms with E-state index in [9.17, 15) is 4.79 Å². The van der Waals surface area contributed by atoms with Gasteiger partial charge in [-0.25, -0.2) is 19.7 Å². The van der Waals surface area contributed by atoms with Crippen LogP contribution in [-0.2, 0) is 11.3 Å². The van der Waals surface area contributed by atoms with Gasteiger partial charge in [0.2, 0.25) is 0 Å². The summed E-state index contributed by atoms with van der Waals surface area (Å²) >= 11 is 1.63. The van der Waals surface area contributed by atoms with Crippen molar-refractivity contribution in [1.82, 2.24) is 15.0 Å². The van der Waals surface area contributed by atoms with Crippen LogP contribution in [0, 0.1) is 0 Å². The topological polar surface area (TPSA) is 77.0 Å². The summed E-state index contributed by atoms with van der Waals surface area (Å²) in [6.45, 7) is 2.59. The van der Waals surface area contributed by atoms with E-state index in [-0.39, 0.29) is 0 Å². The van der Waals surface area contributed by atoms with Crippen molar-refractivity contribution in [2.75, 3.05) is 11.9 Å². The van der Waals surface area contributed by atoms with Crippen LogP contribution in [0.3, 0.4) is 0 Å². The van der Waals surface area contributed by atoms with E-state index in [0.29, 0.717) is 24.5 Å². The summed E-state index contributed by atoms with van der Waals surface area (Å²) in [7, 11) is 0. The van der Waals surface area contributed by atoms with Gasteiger partial charge in [0, 0.05) is 29.2 Å². The summed E-state index contributed by atoms with van der Waals surface area (Å²) in [4.78, 5) is 24.9. The van der Waals surface area contributed by atoms with Gasteiger partial charge in [-0.05, 0) is 12.5 Å². The van der Waals surface area contributed by atoms with Crippen LogP contribution < -0.4 is 5.32 Å². The fraction of sp³-hybridized carbons (Fsp3) is 0.130. The second-order valence-corrected chi connectivity index (χ2v) is 7.32. The number of hydrogen-bond acceptors (Lipinski definition) is 7. The Hall–Kier alpha value is -3.58. The Morgan fingerprint density at radius 3 is 2.63 bits per heavy atom. The van der Waals surface area contributed by atoms with E-state index in [4.69, 9.17) is 9.72 Å². The molecule has 0 saturated carbocycles. The van der Waals surface area contributed by atoms with Crippen molar-refractivity contribution in [1.29, 1.82) is 0 Å². The van der Waals surface area contributed by atoms with Crippen molar-refractivity contribution in [2.24, 2.45) is 0 Å². The number of aromatic nitrogens is 3. The van der Waals surface area contributed by atoms with Crippen LogP contribution in [0.2, 0.25) is 0 Å². The molecule has 150 valence electrons. The van der Waals surface area contributed by atoms with E-state index in [2.05, 4.69) is 44.9 Å². The second-order valence-electron chi connectivity index (χ2n) is 6.46. The number of carbonyl (C=O) groups excluding carboxylic acids is 1. The molecule has 0 saturated heterocycles. The molecule has 7 heteroatoms. The maximum absolute atomic E-state index is 12.0. The third-order valence-electron chi connectivity index (χ3n) is 4.44. The molecule has 0 aliphatic heterocycles. The summed E-state index contributed by atoms with van der Waals surface area (Å²) in [6, 6.07) is 18.3. The van der Waals surface area contributed by atoms with Gasteiger partial charge in [0.15, 0.2) is 0 Å². The van der Waals surface area contributed by atoms with Gasteiger partial charge in [-0.3, -0.25) is 0 Å². The number of rotatable bonds is 7. The first-order valence-corrected chi connectivity index (χ1v) is 10.4. The zero-order valence-corrected chi connectivity index (χ0v) is 17.2. The van der Waals surface area contributed by atoms with Crippen molar-refractivity contribution in [2.45, 2.75) is 13.5 Å². The van der Waals surface area contributed by atoms with E-state index < -0.39 is 5.97 Å². The average molecular weight is 417 g/mol. The number of benzene rings is 2.